The van der Waals surface area contributed by atoms with Gasteiger partial charge in [0.2, 0.25) is 0 Å². The smallest absolute Gasteiger partial charge is 0.337 e. The van der Waals surface area contributed by atoms with Crippen LogP contribution in [0.3, 0.4) is 0 Å². The number of thioether (sulfide) groups is 1. The Morgan fingerprint density at radius 2 is 1.86 bits per heavy atom. The van der Waals surface area contributed by atoms with Crippen molar-refractivity contribution >= 4 is 33.7 Å². The monoisotopic (exact) mass is 364 g/mol. The number of ether oxygens (including phenoxy) is 1. The fraction of sp³-hybridized carbons (Fsp3) is 0.235. The third kappa shape index (κ3) is 4.35. The Labute approximate surface area is 138 Å². The summed E-state index contributed by atoms with van der Waals surface area (Å²) < 4.78 is 5.67. The number of carbonyl (C=O) groups is 1. The van der Waals surface area contributed by atoms with Crippen LogP contribution in [0.5, 0.6) is 0 Å². The largest absolute Gasteiger partial charge is 0.465 e. The van der Waals surface area contributed by atoms with Crippen molar-refractivity contribution in [3.05, 3.63) is 69.2 Å². The van der Waals surface area contributed by atoms with Crippen LogP contribution in [-0.4, -0.2) is 13.1 Å². The molecule has 0 saturated heterocycles. The molecule has 2 aromatic rings. The molecule has 0 bridgehead atoms. The summed E-state index contributed by atoms with van der Waals surface area (Å²) in [7, 11) is 1.39. The molecule has 0 atom stereocenters. The first-order valence-electron chi connectivity index (χ1n) is 6.61. The number of benzene rings is 2. The molecule has 0 unspecified atom stereocenters. The fourth-order valence-corrected chi connectivity index (χ4v) is 3.77. The Kier molecular flexibility index (Phi) is 5.88. The first-order valence-corrected chi connectivity index (χ1v) is 8.55. The number of esters is 1. The van der Waals surface area contributed by atoms with Gasteiger partial charge in [0.25, 0.3) is 0 Å². The summed E-state index contributed by atoms with van der Waals surface area (Å²) in [4.78, 5) is 11.5. The Balaban J connectivity index is 1.98. The van der Waals surface area contributed by atoms with Crippen molar-refractivity contribution in [3.63, 3.8) is 0 Å². The summed E-state index contributed by atoms with van der Waals surface area (Å²) in [6, 6.07) is 14.0. The zero-order valence-corrected chi connectivity index (χ0v) is 14.5. The minimum Gasteiger partial charge on any atom is -0.465 e. The van der Waals surface area contributed by atoms with Gasteiger partial charge >= 0.3 is 5.97 Å². The summed E-state index contributed by atoms with van der Waals surface area (Å²) in [5.41, 5.74) is 4.44. The van der Waals surface area contributed by atoms with Crippen molar-refractivity contribution in [3.8, 4) is 0 Å². The third-order valence-corrected chi connectivity index (χ3v) is 5.02. The molecule has 0 amide bonds. The maximum Gasteiger partial charge on any atom is 0.337 e. The van der Waals surface area contributed by atoms with E-state index in [2.05, 4.69) is 47.1 Å². The van der Waals surface area contributed by atoms with Gasteiger partial charge in [-0.3, -0.25) is 0 Å². The lowest BCUT2D eigenvalue weighted by molar-refractivity contribution is 0.0600. The molecule has 2 nitrogen and oxygen atoms in total. The summed E-state index contributed by atoms with van der Waals surface area (Å²) in [6.45, 7) is 2.14. The lowest BCUT2D eigenvalue weighted by Crippen LogP contribution is -2.01. The molecule has 2 aromatic carbocycles. The number of hydrogen-bond acceptors (Lipinski definition) is 3. The molecule has 0 fully saturated rings. The summed E-state index contributed by atoms with van der Waals surface area (Å²) in [5, 5.41) is 0. The Hall–Kier alpha value is -1.26. The molecule has 0 heterocycles. The quantitative estimate of drug-likeness (QED) is 0.700. The first kappa shape index (κ1) is 16.1. The summed E-state index contributed by atoms with van der Waals surface area (Å²) in [6.07, 6.45) is 0. The van der Waals surface area contributed by atoms with Crippen LogP contribution in [0.15, 0.2) is 46.9 Å². The summed E-state index contributed by atoms with van der Waals surface area (Å²) in [5.74, 6) is 1.57. The standard InChI is InChI=1S/C17H17BrO2S/c1-12-5-3-4-6-14(12)10-21-11-15-8-7-13(9-16(15)18)17(19)20-2/h3-9H,10-11H2,1-2H3. The van der Waals surface area contributed by atoms with Crippen LogP contribution in [0, 0.1) is 6.92 Å². The van der Waals surface area contributed by atoms with Gasteiger partial charge in [-0.15, -0.1) is 0 Å². The minimum absolute atomic E-state index is 0.310. The number of methoxy groups -OCH3 is 1. The van der Waals surface area contributed by atoms with Crippen LogP contribution in [0.2, 0.25) is 0 Å². The van der Waals surface area contributed by atoms with E-state index < -0.39 is 0 Å². The second-order valence-electron chi connectivity index (χ2n) is 4.72. The van der Waals surface area contributed by atoms with E-state index in [9.17, 15) is 4.79 Å². The lowest BCUT2D eigenvalue weighted by atomic mass is 10.1. The van der Waals surface area contributed by atoms with Gasteiger partial charge in [0, 0.05) is 16.0 Å². The highest BCUT2D eigenvalue weighted by atomic mass is 79.9. The van der Waals surface area contributed by atoms with Crippen LogP contribution in [0.25, 0.3) is 0 Å². The maximum absolute atomic E-state index is 11.5. The number of aryl methyl sites for hydroxylation is 1. The number of carbonyl (C=O) groups excluding carboxylic acids is 1. The summed E-state index contributed by atoms with van der Waals surface area (Å²) >= 11 is 5.39. The topological polar surface area (TPSA) is 26.3 Å². The van der Waals surface area contributed by atoms with E-state index in [-0.39, 0.29) is 5.97 Å². The molecule has 110 valence electrons. The van der Waals surface area contributed by atoms with Crippen molar-refractivity contribution < 1.29 is 9.53 Å². The molecule has 0 saturated carbocycles. The lowest BCUT2D eigenvalue weighted by Gasteiger charge is -2.08. The van der Waals surface area contributed by atoms with Crippen LogP contribution >= 0.6 is 27.7 Å². The number of hydrogen-bond donors (Lipinski definition) is 0. The van der Waals surface area contributed by atoms with Crippen LogP contribution in [-0.2, 0) is 16.2 Å². The Morgan fingerprint density at radius 1 is 1.14 bits per heavy atom. The normalized spacial score (nSPS) is 10.4. The third-order valence-electron chi connectivity index (χ3n) is 3.25. The molecular formula is C17H17BrO2S. The van der Waals surface area contributed by atoms with E-state index in [1.807, 2.05) is 23.9 Å². The molecule has 0 radical (unpaired) electrons. The van der Waals surface area contributed by atoms with Crippen molar-refractivity contribution in [2.45, 2.75) is 18.4 Å². The SMILES string of the molecule is COC(=O)c1ccc(CSCc2ccccc2C)c(Br)c1. The van der Waals surface area contributed by atoms with Gasteiger partial charge in [-0.2, -0.15) is 11.8 Å². The van der Waals surface area contributed by atoms with E-state index in [1.54, 1.807) is 6.07 Å². The molecule has 4 heteroatoms. The van der Waals surface area contributed by atoms with Crippen LogP contribution in [0.4, 0.5) is 0 Å². The van der Waals surface area contributed by atoms with Crippen molar-refractivity contribution in [1.82, 2.24) is 0 Å². The highest BCUT2D eigenvalue weighted by molar-refractivity contribution is 9.10. The van der Waals surface area contributed by atoms with Crippen molar-refractivity contribution in [2.75, 3.05) is 7.11 Å². The highest BCUT2D eigenvalue weighted by Gasteiger charge is 2.08. The average molecular weight is 365 g/mol. The van der Waals surface area contributed by atoms with E-state index in [4.69, 9.17) is 4.74 Å². The van der Waals surface area contributed by atoms with Gasteiger partial charge in [-0.1, -0.05) is 46.3 Å². The fourth-order valence-electron chi connectivity index (χ4n) is 1.95. The number of rotatable bonds is 5. The van der Waals surface area contributed by atoms with Crippen LogP contribution in [0.1, 0.15) is 27.0 Å². The minimum atomic E-state index is -0.310. The van der Waals surface area contributed by atoms with E-state index in [0.29, 0.717) is 5.56 Å². The highest BCUT2D eigenvalue weighted by Crippen LogP contribution is 2.26. The van der Waals surface area contributed by atoms with Gasteiger partial charge < -0.3 is 4.74 Å². The van der Waals surface area contributed by atoms with Gasteiger partial charge in [0.05, 0.1) is 12.7 Å². The number of halogens is 1. The Bertz CT molecular complexity index is 640. The molecule has 21 heavy (non-hydrogen) atoms. The molecule has 0 spiro atoms. The molecule has 0 aliphatic carbocycles. The van der Waals surface area contributed by atoms with Gasteiger partial charge in [-0.25, -0.2) is 4.79 Å². The van der Waals surface area contributed by atoms with E-state index in [0.717, 1.165) is 16.0 Å². The molecule has 2 rings (SSSR count). The second-order valence-corrected chi connectivity index (χ2v) is 6.56. The van der Waals surface area contributed by atoms with Gasteiger partial charge in [0.15, 0.2) is 0 Å². The van der Waals surface area contributed by atoms with Gasteiger partial charge in [-0.05, 0) is 35.7 Å². The predicted molar refractivity (Wildman–Crippen MR) is 91.7 cm³/mol. The van der Waals surface area contributed by atoms with E-state index >= 15 is 0 Å². The molecule has 0 aliphatic heterocycles. The van der Waals surface area contributed by atoms with Crippen LogP contribution < -0.4 is 0 Å². The maximum atomic E-state index is 11.5. The van der Waals surface area contributed by atoms with Crippen molar-refractivity contribution in [1.29, 1.82) is 0 Å². The zero-order valence-electron chi connectivity index (χ0n) is 12.1. The Morgan fingerprint density at radius 3 is 2.52 bits per heavy atom. The molecule has 0 N–H and O–H groups in total. The predicted octanol–water partition coefficient (Wildman–Crippen LogP) is 4.98. The van der Waals surface area contributed by atoms with E-state index in [1.165, 1.54) is 23.8 Å². The molecule has 0 aliphatic rings. The first-order chi connectivity index (χ1) is 10.1. The second kappa shape index (κ2) is 7.66. The zero-order chi connectivity index (χ0) is 15.2. The average Bonchev–Trinajstić information content (AvgIpc) is 2.50. The molecular weight excluding hydrogens is 348 g/mol. The molecule has 0 aromatic heterocycles. The van der Waals surface area contributed by atoms with Crippen molar-refractivity contribution in [2.24, 2.45) is 0 Å². The van der Waals surface area contributed by atoms with Gasteiger partial charge in [0.1, 0.15) is 0 Å².